The molecule has 2 amide bonds. The van der Waals surface area contributed by atoms with Gasteiger partial charge in [0.25, 0.3) is 11.8 Å². The largest absolute Gasteiger partial charge is 0.490 e. The standard InChI is InChI=1S/C20H31N3O4.ClH/c1-3-21-10-11-22-20(25)16-8-9-17(18(14-16)26-4-2)27-15-19(24)23-12-6-5-7-13-23;/h8-9,14,21H,3-7,10-13,15H2,1-2H3,(H,22,25);1H. The van der Waals surface area contributed by atoms with Crippen LogP contribution in [0, 0.1) is 0 Å². The average molecular weight is 414 g/mol. The van der Waals surface area contributed by atoms with Crippen molar-refractivity contribution in [2.75, 3.05) is 45.9 Å². The summed E-state index contributed by atoms with van der Waals surface area (Å²) in [4.78, 5) is 26.4. The van der Waals surface area contributed by atoms with Gasteiger partial charge in [-0.3, -0.25) is 9.59 Å². The van der Waals surface area contributed by atoms with Gasteiger partial charge in [0.2, 0.25) is 0 Å². The lowest BCUT2D eigenvalue weighted by atomic mass is 10.1. The van der Waals surface area contributed by atoms with Crippen molar-refractivity contribution >= 4 is 24.2 Å². The Morgan fingerprint density at radius 2 is 1.79 bits per heavy atom. The zero-order valence-electron chi connectivity index (χ0n) is 16.8. The summed E-state index contributed by atoms with van der Waals surface area (Å²) in [7, 11) is 0. The van der Waals surface area contributed by atoms with Gasteiger partial charge in [0, 0.05) is 31.7 Å². The van der Waals surface area contributed by atoms with Crippen LogP contribution in [0.5, 0.6) is 11.5 Å². The first kappa shape index (κ1) is 24.0. The van der Waals surface area contributed by atoms with Crippen molar-refractivity contribution in [2.45, 2.75) is 33.1 Å². The highest BCUT2D eigenvalue weighted by molar-refractivity contribution is 5.94. The van der Waals surface area contributed by atoms with Crippen molar-refractivity contribution in [3.05, 3.63) is 23.8 Å². The molecule has 0 bridgehead atoms. The Balaban J connectivity index is 0.00000392. The first-order valence-electron chi connectivity index (χ1n) is 9.82. The van der Waals surface area contributed by atoms with Crippen molar-refractivity contribution in [3.8, 4) is 11.5 Å². The number of carbonyl (C=O) groups excluding carboxylic acids is 2. The second-order valence-corrected chi connectivity index (χ2v) is 6.43. The molecule has 1 heterocycles. The second kappa shape index (κ2) is 13.2. The van der Waals surface area contributed by atoms with Crippen LogP contribution >= 0.6 is 12.4 Å². The number of ether oxygens (including phenoxy) is 2. The molecule has 8 heteroatoms. The number of carbonyl (C=O) groups is 2. The molecule has 158 valence electrons. The Labute approximate surface area is 173 Å². The smallest absolute Gasteiger partial charge is 0.260 e. The Morgan fingerprint density at radius 1 is 1.04 bits per heavy atom. The number of nitrogens with one attached hydrogen (secondary N) is 2. The molecular weight excluding hydrogens is 382 g/mol. The van der Waals surface area contributed by atoms with Crippen LogP contribution in [0.1, 0.15) is 43.5 Å². The van der Waals surface area contributed by atoms with E-state index >= 15 is 0 Å². The summed E-state index contributed by atoms with van der Waals surface area (Å²) in [5.74, 6) is 0.780. The third kappa shape index (κ3) is 7.56. The number of amides is 2. The topological polar surface area (TPSA) is 79.9 Å². The van der Waals surface area contributed by atoms with Crippen molar-refractivity contribution in [3.63, 3.8) is 0 Å². The normalized spacial score (nSPS) is 13.4. The fraction of sp³-hybridized carbons (Fsp3) is 0.600. The van der Waals surface area contributed by atoms with Crippen LogP contribution in [-0.4, -0.2) is 62.7 Å². The van der Waals surface area contributed by atoms with Crippen molar-refractivity contribution < 1.29 is 19.1 Å². The number of likely N-dealkylation sites (tertiary alicyclic amines) is 1. The summed E-state index contributed by atoms with van der Waals surface area (Å²) in [6.45, 7) is 8.05. The fourth-order valence-corrected chi connectivity index (χ4v) is 2.95. The van der Waals surface area contributed by atoms with E-state index < -0.39 is 0 Å². The summed E-state index contributed by atoms with van der Waals surface area (Å²) < 4.78 is 11.3. The summed E-state index contributed by atoms with van der Waals surface area (Å²) in [6.07, 6.45) is 3.28. The maximum atomic E-state index is 12.3. The van der Waals surface area contributed by atoms with Gasteiger partial charge in [-0.25, -0.2) is 0 Å². The predicted molar refractivity (Wildman–Crippen MR) is 112 cm³/mol. The molecule has 0 radical (unpaired) electrons. The number of likely N-dealkylation sites (N-methyl/N-ethyl adjacent to an activating group) is 1. The Hall–Kier alpha value is -1.99. The van der Waals surface area contributed by atoms with Gasteiger partial charge in [0.15, 0.2) is 18.1 Å². The SMILES string of the molecule is CCNCCNC(=O)c1ccc(OCC(=O)N2CCCCC2)c(OCC)c1.Cl. The molecule has 7 nitrogen and oxygen atoms in total. The highest BCUT2D eigenvalue weighted by Gasteiger charge is 2.18. The number of hydrogen-bond donors (Lipinski definition) is 2. The minimum absolute atomic E-state index is 0. The zero-order valence-corrected chi connectivity index (χ0v) is 17.6. The molecule has 0 unspecified atom stereocenters. The van der Waals surface area contributed by atoms with Crippen LogP contribution in [0.2, 0.25) is 0 Å². The second-order valence-electron chi connectivity index (χ2n) is 6.43. The van der Waals surface area contributed by atoms with Gasteiger partial charge >= 0.3 is 0 Å². The van der Waals surface area contributed by atoms with Crippen molar-refractivity contribution in [1.82, 2.24) is 15.5 Å². The monoisotopic (exact) mass is 413 g/mol. The summed E-state index contributed by atoms with van der Waals surface area (Å²) in [5.41, 5.74) is 0.504. The minimum atomic E-state index is -0.162. The van der Waals surface area contributed by atoms with Crippen LogP contribution < -0.4 is 20.1 Å². The summed E-state index contributed by atoms with van der Waals surface area (Å²) >= 11 is 0. The maximum Gasteiger partial charge on any atom is 0.260 e. The van der Waals surface area contributed by atoms with Gasteiger partial charge in [-0.05, 0) is 50.9 Å². The van der Waals surface area contributed by atoms with Crippen LogP contribution in [0.25, 0.3) is 0 Å². The van der Waals surface area contributed by atoms with E-state index in [2.05, 4.69) is 10.6 Å². The van der Waals surface area contributed by atoms with Crippen LogP contribution in [-0.2, 0) is 4.79 Å². The third-order valence-electron chi connectivity index (χ3n) is 4.40. The van der Waals surface area contributed by atoms with E-state index in [1.54, 1.807) is 18.2 Å². The van der Waals surface area contributed by atoms with E-state index in [4.69, 9.17) is 9.47 Å². The molecular formula is C20H32ClN3O4. The molecule has 0 saturated carbocycles. The van der Waals surface area contributed by atoms with Gasteiger partial charge in [-0.15, -0.1) is 12.4 Å². The molecule has 1 fully saturated rings. The van der Waals surface area contributed by atoms with Gasteiger partial charge < -0.3 is 25.0 Å². The molecule has 0 aliphatic carbocycles. The minimum Gasteiger partial charge on any atom is -0.490 e. The Morgan fingerprint density at radius 3 is 2.46 bits per heavy atom. The highest BCUT2D eigenvalue weighted by Crippen LogP contribution is 2.28. The zero-order chi connectivity index (χ0) is 19.5. The number of piperidine rings is 1. The summed E-state index contributed by atoms with van der Waals surface area (Å²) in [6, 6.07) is 5.03. The maximum absolute atomic E-state index is 12.3. The molecule has 28 heavy (non-hydrogen) atoms. The lowest BCUT2D eigenvalue weighted by Gasteiger charge is -2.26. The van der Waals surface area contributed by atoms with Gasteiger partial charge in [0.05, 0.1) is 6.61 Å². The molecule has 0 atom stereocenters. The van der Waals surface area contributed by atoms with Gasteiger partial charge in [0.1, 0.15) is 0 Å². The van der Waals surface area contributed by atoms with E-state index in [9.17, 15) is 9.59 Å². The molecule has 1 aromatic carbocycles. The van der Waals surface area contributed by atoms with Crippen molar-refractivity contribution in [2.24, 2.45) is 0 Å². The molecule has 0 spiro atoms. The van der Waals surface area contributed by atoms with Crippen LogP contribution in [0.3, 0.4) is 0 Å². The van der Waals surface area contributed by atoms with E-state index in [1.807, 2.05) is 18.7 Å². The summed E-state index contributed by atoms with van der Waals surface area (Å²) in [5, 5.41) is 6.01. The van der Waals surface area contributed by atoms with E-state index in [0.29, 0.717) is 30.2 Å². The number of halogens is 1. The average Bonchev–Trinajstić information content (AvgIpc) is 2.70. The fourth-order valence-electron chi connectivity index (χ4n) is 2.95. The Bertz CT molecular complexity index is 621. The van der Waals surface area contributed by atoms with Gasteiger partial charge in [-0.2, -0.15) is 0 Å². The van der Waals surface area contributed by atoms with Crippen LogP contribution in [0.4, 0.5) is 0 Å². The van der Waals surface area contributed by atoms with E-state index in [-0.39, 0.29) is 30.8 Å². The highest BCUT2D eigenvalue weighted by atomic mass is 35.5. The van der Waals surface area contributed by atoms with Gasteiger partial charge in [-0.1, -0.05) is 6.92 Å². The lowest BCUT2D eigenvalue weighted by molar-refractivity contribution is -0.134. The molecule has 1 aliphatic heterocycles. The van der Waals surface area contributed by atoms with E-state index in [0.717, 1.165) is 39.0 Å². The lowest BCUT2D eigenvalue weighted by Crippen LogP contribution is -2.38. The first-order chi connectivity index (χ1) is 13.2. The molecule has 1 aliphatic rings. The third-order valence-corrected chi connectivity index (χ3v) is 4.40. The number of nitrogens with zero attached hydrogens (tertiary/aromatic N) is 1. The quantitative estimate of drug-likeness (QED) is 0.575. The van der Waals surface area contributed by atoms with E-state index in [1.165, 1.54) is 6.42 Å². The first-order valence-corrected chi connectivity index (χ1v) is 9.82. The molecule has 2 rings (SSSR count). The Kier molecular flexibility index (Phi) is 11.4. The molecule has 2 N–H and O–H groups in total. The molecule has 1 aromatic rings. The number of rotatable bonds is 10. The van der Waals surface area contributed by atoms with Crippen LogP contribution in [0.15, 0.2) is 18.2 Å². The predicted octanol–water partition coefficient (Wildman–Crippen LogP) is 2.24. The number of hydrogen-bond acceptors (Lipinski definition) is 5. The number of benzene rings is 1. The molecule has 0 aromatic heterocycles. The molecule has 1 saturated heterocycles. The van der Waals surface area contributed by atoms with Crippen molar-refractivity contribution in [1.29, 1.82) is 0 Å².